The second kappa shape index (κ2) is 6.61. The van der Waals surface area contributed by atoms with E-state index < -0.39 is 0 Å². The predicted octanol–water partition coefficient (Wildman–Crippen LogP) is 3.03. The van der Waals surface area contributed by atoms with Gasteiger partial charge in [0.1, 0.15) is 0 Å². The Kier molecular flexibility index (Phi) is 5.77. The van der Waals surface area contributed by atoms with Crippen molar-refractivity contribution in [3.05, 3.63) is 0 Å². The van der Waals surface area contributed by atoms with Crippen LogP contribution in [-0.2, 0) is 0 Å². The molecule has 0 spiro atoms. The van der Waals surface area contributed by atoms with Crippen molar-refractivity contribution in [2.24, 2.45) is 0 Å². The zero-order valence-corrected chi connectivity index (χ0v) is 11.7. The molecule has 0 aliphatic carbocycles. The molecule has 1 aliphatic heterocycles. The number of nitrogens with one attached hydrogen (secondary N) is 1. The van der Waals surface area contributed by atoms with Crippen molar-refractivity contribution in [2.45, 2.75) is 71.4 Å². The molecule has 1 heterocycles. The van der Waals surface area contributed by atoms with Crippen LogP contribution in [0.4, 0.5) is 0 Å². The molecule has 2 atom stereocenters. The van der Waals surface area contributed by atoms with E-state index in [-0.39, 0.29) is 0 Å². The Hall–Kier alpha value is -0.0800. The molecule has 0 bridgehead atoms. The van der Waals surface area contributed by atoms with E-state index >= 15 is 0 Å². The zero-order valence-electron chi connectivity index (χ0n) is 11.7. The lowest BCUT2D eigenvalue weighted by molar-refractivity contribution is 0.0485. The van der Waals surface area contributed by atoms with Crippen LogP contribution in [0.1, 0.15) is 59.8 Å². The highest BCUT2D eigenvalue weighted by Crippen LogP contribution is 2.27. The summed E-state index contributed by atoms with van der Waals surface area (Å²) in [6.45, 7) is 13.1. The molecule has 0 amide bonds. The number of piperidine rings is 1. The Labute approximate surface area is 102 Å². The summed E-state index contributed by atoms with van der Waals surface area (Å²) < 4.78 is 0. The maximum Gasteiger partial charge on any atom is 0.0329 e. The van der Waals surface area contributed by atoms with Gasteiger partial charge in [0.2, 0.25) is 0 Å². The first-order chi connectivity index (χ1) is 7.65. The SMILES string of the molecule is CCCNC(C)C(C)(CC)N1CCCCC1. The molecule has 1 aliphatic rings. The summed E-state index contributed by atoms with van der Waals surface area (Å²) in [5.74, 6) is 0. The molecule has 0 aromatic heterocycles. The minimum Gasteiger partial charge on any atom is -0.312 e. The first-order valence-electron chi connectivity index (χ1n) is 7.13. The van der Waals surface area contributed by atoms with Crippen molar-refractivity contribution in [2.75, 3.05) is 19.6 Å². The standard InChI is InChI=1S/C14H30N2/c1-5-10-15-13(3)14(4,6-2)16-11-8-7-9-12-16/h13,15H,5-12H2,1-4H3. The molecule has 2 unspecified atom stereocenters. The van der Waals surface area contributed by atoms with Gasteiger partial charge in [0, 0.05) is 11.6 Å². The number of likely N-dealkylation sites (tertiary alicyclic amines) is 1. The fourth-order valence-electron chi connectivity index (χ4n) is 2.79. The fraction of sp³-hybridized carbons (Fsp3) is 1.00. The number of hydrogen-bond donors (Lipinski definition) is 1. The summed E-state index contributed by atoms with van der Waals surface area (Å²) in [6.07, 6.45) is 6.66. The van der Waals surface area contributed by atoms with E-state index in [1.54, 1.807) is 0 Å². The van der Waals surface area contributed by atoms with Gasteiger partial charge in [-0.1, -0.05) is 20.3 Å². The van der Waals surface area contributed by atoms with Crippen LogP contribution in [0.2, 0.25) is 0 Å². The summed E-state index contributed by atoms with van der Waals surface area (Å²) in [5, 5.41) is 3.68. The molecule has 16 heavy (non-hydrogen) atoms. The Morgan fingerprint density at radius 2 is 1.81 bits per heavy atom. The molecule has 1 saturated heterocycles. The third-order valence-corrected chi connectivity index (χ3v) is 4.43. The Morgan fingerprint density at radius 1 is 1.19 bits per heavy atom. The van der Waals surface area contributed by atoms with Gasteiger partial charge in [-0.3, -0.25) is 4.90 Å². The van der Waals surface area contributed by atoms with Gasteiger partial charge in [-0.25, -0.2) is 0 Å². The van der Waals surface area contributed by atoms with Gasteiger partial charge < -0.3 is 5.32 Å². The summed E-state index contributed by atoms with van der Waals surface area (Å²) in [6, 6.07) is 0.593. The third-order valence-electron chi connectivity index (χ3n) is 4.43. The quantitative estimate of drug-likeness (QED) is 0.749. The van der Waals surface area contributed by atoms with E-state index in [4.69, 9.17) is 0 Å². The fourth-order valence-corrected chi connectivity index (χ4v) is 2.79. The summed E-state index contributed by atoms with van der Waals surface area (Å²) >= 11 is 0. The average molecular weight is 226 g/mol. The van der Waals surface area contributed by atoms with E-state index in [0.717, 1.165) is 6.54 Å². The molecule has 1 N–H and O–H groups in total. The van der Waals surface area contributed by atoms with Gasteiger partial charge in [-0.05, 0) is 59.2 Å². The lowest BCUT2D eigenvalue weighted by atomic mass is 9.86. The van der Waals surface area contributed by atoms with E-state index in [0.29, 0.717) is 11.6 Å². The topological polar surface area (TPSA) is 15.3 Å². The minimum atomic E-state index is 0.343. The highest BCUT2D eigenvalue weighted by Gasteiger charge is 2.35. The Balaban J connectivity index is 2.58. The maximum absolute atomic E-state index is 3.68. The molecular weight excluding hydrogens is 196 g/mol. The van der Waals surface area contributed by atoms with Crippen LogP contribution in [0.15, 0.2) is 0 Å². The number of hydrogen-bond acceptors (Lipinski definition) is 2. The van der Waals surface area contributed by atoms with E-state index in [1.807, 2.05) is 0 Å². The van der Waals surface area contributed by atoms with E-state index in [9.17, 15) is 0 Å². The molecule has 0 radical (unpaired) electrons. The van der Waals surface area contributed by atoms with Crippen molar-refractivity contribution >= 4 is 0 Å². The van der Waals surface area contributed by atoms with Crippen molar-refractivity contribution in [1.82, 2.24) is 10.2 Å². The van der Waals surface area contributed by atoms with Crippen LogP contribution >= 0.6 is 0 Å². The molecule has 0 aromatic carbocycles. The van der Waals surface area contributed by atoms with Crippen molar-refractivity contribution < 1.29 is 0 Å². The van der Waals surface area contributed by atoms with Gasteiger partial charge in [-0.2, -0.15) is 0 Å². The lowest BCUT2D eigenvalue weighted by Gasteiger charge is -2.47. The summed E-state index contributed by atoms with van der Waals surface area (Å²) in [7, 11) is 0. The largest absolute Gasteiger partial charge is 0.312 e. The van der Waals surface area contributed by atoms with Crippen LogP contribution in [0.3, 0.4) is 0 Å². The lowest BCUT2D eigenvalue weighted by Crippen LogP contribution is -2.59. The van der Waals surface area contributed by atoms with Crippen LogP contribution in [0.5, 0.6) is 0 Å². The second-order valence-corrected chi connectivity index (χ2v) is 5.43. The molecule has 1 rings (SSSR count). The number of nitrogens with zero attached hydrogens (tertiary/aromatic N) is 1. The molecule has 0 aromatic rings. The third kappa shape index (κ3) is 3.21. The van der Waals surface area contributed by atoms with Gasteiger partial charge in [0.25, 0.3) is 0 Å². The minimum absolute atomic E-state index is 0.343. The van der Waals surface area contributed by atoms with Gasteiger partial charge in [0.15, 0.2) is 0 Å². The highest BCUT2D eigenvalue weighted by atomic mass is 15.2. The summed E-state index contributed by atoms with van der Waals surface area (Å²) in [4.78, 5) is 2.71. The van der Waals surface area contributed by atoms with E-state index in [2.05, 4.69) is 37.9 Å². The molecular formula is C14H30N2. The highest BCUT2D eigenvalue weighted by molar-refractivity contribution is 4.94. The van der Waals surface area contributed by atoms with E-state index in [1.165, 1.54) is 45.2 Å². The Bertz CT molecular complexity index is 187. The first kappa shape index (κ1) is 14.0. The first-order valence-corrected chi connectivity index (χ1v) is 7.13. The van der Waals surface area contributed by atoms with Gasteiger partial charge >= 0.3 is 0 Å². The average Bonchev–Trinajstić information content (AvgIpc) is 2.35. The second-order valence-electron chi connectivity index (χ2n) is 5.43. The van der Waals surface area contributed by atoms with Crippen molar-refractivity contribution in [1.29, 1.82) is 0 Å². The van der Waals surface area contributed by atoms with Crippen LogP contribution < -0.4 is 5.32 Å². The molecule has 0 saturated carbocycles. The van der Waals surface area contributed by atoms with Crippen molar-refractivity contribution in [3.8, 4) is 0 Å². The molecule has 1 fully saturated rings. The molecule has 96 valence electrons. The van der Waals surface area contributed by atoms with Crippen LogP contribution in [0.25, 0.3) is 0 Å². The van der Waals surface area contributed by atoms with Crippen molar-refractivity contribution in [3.63, 3.8) is 0 Å². The van der Waals surface area contributed by atoms with Gasteiger partial charge in [-0.15, -0.1) is 0 Å². The zero-order chi connectivity index (χ0) is 12.0. The normalized spacial score (nSPS) is 24.0. The summed E-state index contributed by atoms with van der Waals surface area (Å²) in [5.41, 5.74) is 0.343. The molecule has 2 heteroatoms. The monoisotopic (exact) mass is 226 g/mol. The smallest absolute Gasteiger partial charge is 0.0329 e. The van der Waals surface area contributed by atoms with Gasteiger partial charge in [0.05, 0.1) is 0 Å². The van der Waals surface area contributed by atoms with Crippen LogP contribution in [0, 0.1) is 0 Å². The Morgan fingerprint density at radius 3 is 2.31 bits per heavy atom. The maximum atomic E-state index is 3.68. The predicted molar refractivity (Wildman–Crippen MR) is 71.9 cm³/mol. The molecule has 2 nitrogen and oxygen atoms in total. The number of rotatable bonds is 6. The van der Waals surface area contributed by atoms with Crippen LogP contribution in [-0.4, -0.2) is 36.1 Å².